The number of allylic oxidation sites excluding steroid dienone is 2. The van der Waals surface area contributed by atoms with E-state index in [1.165, 1.54) is 26.0 Å². The molecule has 152 valence electrons. The highest BCUT2D eigenvalue weighted by atomic mass is 32.2. The minimum Gasteiger partial charge on any atom is -0.493 e. The fourth-order valence-electron chi connectivity index (χ4n) is 3.30. The third-order valence-electron chi connectivity index (χ3n) is 4.47. The Balaban J connectivity index is 2.26. The maximum Gasteiger partial charge on any atom is 0.338 e. The van der Waals surface area contributed by atoms with E-state index in [1.54, 1.807) is 37.8 Å². The van der Waals surface area contributed by atoms with Crippen molar-refractivity contribution in [3.8, 4) is 17.6 Å². The molecule has 0 saturated carbocycles. The number of rotatable bonds is 5. The van der Waals surface area contributed by atoms with Crippen LogP contribution < -0.4 is 15.2 Å². The van der Waals surface area contributed by atoms with Gasteiger partial charge in [-0.15, -0.1) is 0 Å². The molecule has 2 N–H and O–H groups in total. The summed E-state index contributed by atoms with van der Waals surface area (Å²) < 4.78 is 16.5. The molecule has 0 aliphatic carbocycles. The maximum absolute atomic E-state index is 13.0. The topological polar surface area (TPSA) is 110 Å². The van der Waals surface area contributed by atoms with Gasteiger partial charge in [-0.2, -0.15) is 5.26 Å². The number of aliphatic imine (C=N–C) groups is 1. The zero-order valence-corrected chi connectivity index (χ0v) is 17.7. The highest BCUT2D eigenvalue weighted by molar-refractivity contribution is 8.17. The SMILES string of the molecule is COc1cccc([C@H]2C(C(=O)OC(C)C)=C(C)N=C3SC(C#N)=C(N)N32)c1OC. The van der Waals surface area contributed by atoms with Crippen LogP contribution in [0.5, 0.6) is 11.5 Å². The van der Waals surface area contributed by atoms with Gasteiger partial charge in [-0.3, -0.25) is 4.90 Å². The summed E-state index contributed by atoms with van der Waals surface area (Å²) in [4.78, 5) is 19.5. The van der Waals surface area contributed by atoms with Gasteiger partial charge in [0.25, 0.3) is 0 Å². The zero-order chi connectivity index (χ0) is 21.3. The molecule has 2 aliphatic heterocycles. The van der Waals surface area contributed by atoms with Crippen molar-refractivity contribution in [1.82, 2.24) is 4.90 Å². The standard InChI is InChI=1S/C20H22N4O4S/c1-10(2)28-19(25)15-11(3)23-20-24(18(22)14(9-21)29-20)16(15)12-7-6-8-13(26-4)17(12)27-5/h6-8,10,16H,22H2,1-5H3/t16-/m0/s1. The minimum atomic E-state index is -0.683. The molecule has 1 aromatic rings. The Morgan fingerprint density at radius 3 is 2.66 bits per heavy atom. The highest BCUT2D eigenvalue weighted by Crippen LogP contribution is 2.48. The predicted octanol–water partition coefficient (Wildman–Crippen LogP) is 3.04. The fraction of sp³-hybridized carbons (Fsp3) is 0.350. The van der Waals surface area contributed by atoms with Crippen molar-refractivity contribution in [2.24, 2.45) is 10.7 Å². The van der Waals surface area contributed by atoms with Gasteiger partial charge in [-0.05, 0) is 38.6 Å². The number of amidine groups is 1. The first-order valence-corrected chi connectivity index (χ1v) is 9.73. The molecular formula is C20H22N4O4S. The lowest BCUT2D eigenvalue weighted by Crippen LogP contribution is -2.39. The Morgan fingerprint density at radius 2 is 2.07 bits per heavy atom. The highest BCUT2D eigenvalue weighted by Gasteiger charge is 2.44. The Kier molecular flexibility index (Phi) is 5.75. The average molecular weight is 414 g/mol. The van der Waals surface area contributed by atoms with Crippen LogP contribution in [0.4, 0.5) is 0 Å². The number of nitrogens with zero attached hydrogens (tertiary/aromatic N) is 3. The Hall–Kier alpha value is -3.12. The molecule has 1 aromatic carbocycles. The first-order valence-electron chi connectivity index (χ1n) is 8.92. The molecule has 0 spiro atoms. The molecule has 0 saturated heterocycles. The number of hydrogen-bond donors (Lipinski definition) is 1. The van der Waals surface area contributed by atoms with Crippen molar-refractivity contribution in [2.45, 2.75) is 32.9 Å². The molecule has 8 nitrogen and oxygen atoms in total. The van der Waals surface area contributed by atoms with Gasteiger partial charge >= 0.3 is 5.97 Å². The largest absolute Gasteiger partial charge is 0.493 e. The predicted molar refractivity (Wildman–Crippen MR) is 110 cm³/mol. The normalized spacial score (nSPS) is 18.4. The number of nitriles is 1. The van der Waals surface area contributed by atoms with E-state index in [9.17, 15) is 10.1 Å². The van der Waals surface area contributed by atoms with Crippen LogP contribution in [0.25, 0.3) is 0 Å². The molecule has 2 aliphatic rings. The van der Waals surface area contributed by atoms with Crippen LogP contribution in [-0.4, -0.2) is 36.4 Å². The van der Waals surface area contributed by atoms with Crippen molar-refractivity contribution in [3.63, 3.8) is 0 Å². The third kappa shape index (κ3) is 3.51. The van der Waals surface area contributed by atoms with Gasteiger partial charge in [0, 0.05) is 5.56 Å². The third-order valence-corrected chi connectivity index (χ3v) is 5.44. The smallest absolute Gasteiger partial charge is 0.338 e. The number of carbonyl (C=O) groups is 1. The van der Waals surface area contributed by atoms with Crippen LogP contribution in [0.3, 0.4) is 0 Å². The Labute approximate surface area is 173 Å². The van der Waals surface area contributed by atoms with Crippen LogP contribution in [0.1, 0.15) is 32.4 Å². The average Bonchev–Trinajstić information content (AvgIpc) is 3.00. The van der Waals surface area contributed by atoms with Gasteiger partial charge in [0.2, 0.25) is 0 Å². The van der Waals surface area contributed by atoms with Gasteiger partial charge in [0.15, 0.2) is 16.7 Å². The second-order valence-electron chi connectivity index (χ2n) is 6.63. The number of methoxy groups -OCH3 is 2. The quantitative estimate of drug-likeness (QED) is 0.732. The van der Waals surface area contributed by atoms with Gasteiger partial charge in [-0.25, -0.2) is 9.79 Å². The van der Waals surface area contributed by atoms with E-state index in [0.717, 1.165) is 0 Å². The Morgan fingerprint density at radius 1 is 1.34 bits per heavy atom. The number of para-hydroxylation sites is 1. The molecule has 0 bridgehead atoms. The van der Waals surface area contributed by atoms with E-state index in [0.29, 0.717) is 38.4 Å². The van der Waals surface area contributed by atoms with Crippen LogP contribution in [0, 0.1) is 11.3 Å². The molecule has 0 amide bonds. The van der Waals surface area contributed by atoms with E-state index in [2.05, 4.69) is 11.1 Å². The first-order chi connectivity index (χ1) is 13.8. The number of thioether (sulfide) groups is 1. The number of carbonyl (C=O) groups excluding carboxylic acids is 1. The van der Waals surface area contributed by atoms with Crippen LogP contribution in [0.2, 0.25) is 0 Å². The van der Waals surface area contributed by atoms with Gasteiger partial charge in [0.05, 0.1) is 31.6 Å². The van der Waals surface area contributed by atoms with E-state index < -0.39 is 12.0 Å². The van der Waals surface area contributed by atoms with E-state index >= 15 is 0 Å². The Bertz CT molecular complexity index is 991. The van der Waals surface area contributed by atoms with E-state index in [-0.39, 0.29) is 11.9 Å². The zero-order valence-electron chi connectivity index (χ0n) is 16.8. The van der Waals surface area contributed by atoms with Crippen molar-refractivity contribution in [3.05, 3.63) is 45.8 Å². The van der Waals surface area contributed by atoms with Gasteiger partial charge in [-0.1, -0.05) is 12.1 Å². The number of nitrogens with two attached hydrogens (primary N) is 1. The molecule has 3 rings (SSSR count). The molecule has 9 heteroatoms. The number of fused-ring (bicyclic) bond motifs is 1. The second kappa shape index (κ2) is 8.09. The number of ether oxygens (including phenoxy) is 3. The molecule has 0 fully saturated rings. The van der Waals surface area contributed by atoms with Crippen molar-refractivity contribution < 1.29 is 19.0 Å². The van der Waals surface area contributed by atoms with E-state index in [4.69, 9.17) is 19.9 Å². The summed E-state index contributed by atoms with van der Waals surface area (Å²) in [5.41, 5.74) is 7.75. The fourth-order valence-corrected chi connectivity index (χ4v) is 4.22. The van der Waals surface area contributed by atoms with Gasteiger partial charge < -0.3 is 19.9 Å². The lowest BCUT2D eigenvalue weighted by atomic mass is 9.93. The summed E-state index contributed by atoms with van der Waals surface area (Å²) in [6.45, 7) is 5.29. The summed E-state index contributed by atoms with van der Waals surface area (Å²) in [5, 5.41) is 9.96. The lowest BCUT2D eigenvalue weighted by molar-refractivity contribution is -0.143. The number of hydrogen-bond acceptors (Lipinski definition) is 9. The summed E-state index contributed by atoms with van der Waals surface area (Å²) in [6, 6.07) is 6.80. The van der Waals surface area contributed by atoms with Crippen molar-refractivity contribution in [1.29, 1.82) is 5.26 Å². The molecule has 1 atom stereocenters. The lowest BCUT2D eigenvalue weighted by Gasteiger charge is -2.35. The van der Waals surface area contributed by atoms with Crippen molar-refractivity contribution in [2.75, 3.05) is 14.2 Å². The van der Waals surface area contributed by atoms with Gasteiger partial charge in [0.1, 0.15) is 22.8 Å². The molecule has 2 heterocycles. The monoisotopic (exact) mass is 414 g/mol. The first kappa shape index (κ1) is 20.6. The summed E-state index contributed by atoms with van der Waals surface area (Å²) in [5.74, 6) is 0.706. The van der Waals surface area contributed by atoms with Crippen LogP contribution in [0.15, 0.2) is 45.2 Å². The summed E-state index contributed by atoms with van der Waals surface area (Å²) >= 11 is 1.17. The minimum absolute atomic E-state index is 0.230. The molecule has 0 unspecified atom stereocenters. The summed E-state index contributed by atoms with van der Waals surface area (Å²) in [6.07, 6.45) is -0.309. The maximum atomic E-state index is 13.0. The molecule has 0 aromatic heterocycles. The number of esters is 1. The molecular weight excluding hydrogens is 392 g/mol. The van der Waals surface area contributed by atoms with Crippen molar-refractivity contribution >= 4 is 22.9 Å². The molecule has 0 radical (unpaired) electrons. The number of benzene rings is 1. The summed E-state index contributed by atoms with van der Waals surface area (Å²) in [7, 11) is 3.07. The molecule has 29 heavy (non-hydrogen) atoms. The van der Waals surface area contributed by atoms with Crippen LogP contribution in [-0.2, 0) is 9.53 Å². The van der Waals surface area contributed by atoms with Crippen LogP contribution >= 0.6 is 11.8 Å². The van der Waals surface area contributed by atoms with E-state index in [1.807, 2.05) is 6.07 Å². The second-order valence-corrected chi connectivity index (χ2v) is 7.61.